The number of amides is 1. The third-order valence-electron chi connectivity index (χ3n) is 5.55. The molecule has 4 rings (SSSR count). The number of rotatable bonds is 8. The summed E-state index contributed by atoms with van der Waals surface area (Å²) < 4.78 is 2.26. The van der Waals surface area contributed by atoms with Crippen LogP contribution in [0.1, 0.15) is 63.1 Å². The van der Waals surface area contributed by atoms with Gasteiger partial charge in [0.1, 0.15) is 0 Å². The fourth-order valence-electron chi connectivity index (χ4n) is 3.81. The van der Waals surface area contributed by atoms with E-state index in [-0.39, 0.29) is 11.9 Å². The Bertz CT molecular complexity index is 830. The summed E-state index contributed by atoms with van der Waals surface area (Å²) >= 11 is 7.46. The average molecular weight is 434 g/mol. The minimum atomic E-state index is -0.00872. The second-order valence-electron chi connectivity index (χ2n) is 7.80. The van der Waals surface area contributed by atoms with E-state index >= 15 is 0 Å². The van der Waals surface area contributed by atoms with Crippen molar-refractivity contribution in [3.63, 3.8) is 0 Å². The molecule has 1 aromatic heterocycles. The van der Waals surface area contributed by atoms with Crippen molar-refractivity contribution in [2.45, 2.75) is 62.7 Å². The van der Waals surface area contributed by atoms with E-state index < -0.39 is 0 Å². The van der Waals surface area contributed by atoms with Gasteiger partial charge in [-0.1, -0.05) is 42.4 Å². The molecule has 2 fully saturated rings. The van der Waals surface area contributed by atoms with Crippen LogP contribution < -0.4 is 10.2 Å². The van der Waals surface area contributed by atoms with Crippen molar-refractivity contribution >= 4 is 35.2 Å². The predicted molar refractivity (Wildman–Crippen MR) is 118 cm³/mol. The highest BCUT2D eigenvalue weighted by Gasteiger charge is 2.32. The lowest BCUT2D eigenvalue weighted by molar-refractivity contribution is -0.119. The number of anilines is 1. The molecule has 29 heavy (non-hydrogen) atoms. The monoisotopic (exact) mass is 433 g/mol. The van der Waals surface area contributed by atoms with Crippen LogP contribution in [-0.2, 0) is 4.79 Å². The molecule has 1 amide bonds. The highest BCUT2D eigenvalue weighted by Crippen LogP contribution is 2.41. The molecule has 1 N–H and O–H groups in total. The van der Waals surface area contributed by atoms with Gasteiger partial charge in [0.15, 0.2) is 5.16 Å². The van der Waals surface area contributed by atoms with Crippen molar-refractivity contribution in [3.05, 3.63) is 34.9 Å². The molecule has 6 nitrogen and oxygen atoms in total. The zero-order chi connectivity index (χ0) is 20.2. The molecule has 1 aromatic carbocycles. The lowest BCUT2D eigenvalue weighted by Crippen LogP contribution is -2.32. The largest absolute Gasteiger partial charge is 0.349 e. The molecular weight excluding hydrogens is 406 g/mol. The average Bonchev–Trinajstić information content (AvgIpc) is 3.50. The first-order valence-corrected chi connectivity index (χ1v) is 11.9. The molecule has 0 radical (unpaired) electrons. The van der Waals surface area contributed by atoms with E-state index in [1.54, 1.807) is 0 Å². The smallest absolute Gasteiger partial charge is 0.230 e. The summed E-state index contributed by atoms with van der Waals surface area (Å²) in [6.45, 7) is 4.17. The van der Waals surface area contributed by atoms with Crippen LogP contribution in [0.4, 0.5) is 5.95 Å². The van der Waals surface area contributed by atoms with E-state index in [0.29, 0.717) is 16.8 Å². The van der Waals surface area contributed by atoms with Crippen molar-refractivity contribution in [3.8, 4) is 0 Å². The van der Waals surface area contributed by atoms with Gasteiger partial charge in [0.25, 0.3) is 0 Å². The molecule has 1 saturated carbocycles. The highest BCUT2D eigenvalue weighted by atomic mass is 35.5. The van der Waals surface area contributed by atoms with Crippen molar-refractivity contribution in [2.24, 2.45) is 0 Å². The minimum Gasteiger partial charge on any atom is -0.349 e. The molecule has 1 aliphatic heterocycles. The number of halogens is 1. The standard InChI is InChI=1S/C21H28ClN5OS/c1-2-18(15-6-8-16(22)9-7-15)23-19(28)14-29-21-25-24-20(27(21)17-10-11-17)26-12-4-3-5-13-26/h6-9,17-18H,2-5,10-14H2,1H3,(H,23,28). The van der Waals surface area contributed by atoms with E-state index in [1.807, 2.05) is 24.3 Å². The number of nitrogens with zero attached hydrogens (tertiary/aromatic N) is 4. The number of hydrogen-bond donors (Lipinski definition) is 1. The van der Waals surface area contributed by atoms with Gasteiger partial charge >= 0.3 is 0 Å². The quantitative estimate of drug-likeness (QED) is 0.615. The van der Waals surface area contributed by atoms with Crippen molar-refractivity contribution in [2.75, 3.05) is 23.7 Å². The Morgan fingerprint density at radius 2 is 1.93 bits per heavy atom. The van der Waals surface area contributed by atoms with Gasteiger partial charge in [-0.05, 0) is 56.2 Å². The second-order valence-corrected chi connectivity index (χ2v) is 9.18. The van der Waals surface area contributed by atoms with Gasteiger partial charge in [0, 0.05) is 24.2 Å². The zero-order valence-corrected chi connectivity index (χ0v) is 18.4. The lowest BCUT2D eigenvalue weighted by atomic mass is 10.0. The van der Waals surface area contributed by atoms with E-state index in [4.69, 9.17) is 11.6 Å². The SMILES string of the molecule is CCC(NC(=O)CSc1nnc(N2CCCCC2)n1C1CC1)c1ccc(Cl)cc1. The van der Waals surface area contributed by atoms with Crippen LogP contribution in [0.2, 0.25) is 5.02 Å². The Morgan fingerprint density at radius 3 is 2.59 bits per heavy atom. The van der Waals surface area contributed by atoms with Crippen LogP contribution in [0.15, 0.2) is 29.4 Å². The van der Waals surface area contributed by atoms with Crippen LogP contribution in [0.25, 0.3) is 0 Å². The van der Waals surface area contributed by atoms with Crippen molar-refractivity contribution in [1.82, 2.24) is 20.1 Å². The second kappa shape index (κ2) is 9.39. The van der Waals surface area contributed by atoms with Crippen molar-refractivity contribution in [1.29, 1.82) is 0 Å². The van der Waals surface area contributed by atoms with Gasteiger partial charge in [-0.25, -0.2) is 0 Å². The first-order chi connectivity index (χ1) is 14.2. The summed E-state index contributed by atoms with van der Waals surface area (Å²) in [6, 6.07) is 8.15. The Morgan fingerprint density at radius 1 is 1.21 bits per heavy atom. The fourth-order valence-corrected chi connectivity index (χ4v) is 4.75. The molecule has 1 saturated heterocycles. The summed E-state index contributed by atoms with van der Waals surface area (Å²) in [4.78, 5) is 15.0. The molecule has 1 unspecified atom stereocenters. The first-order valence-electron chi connectivity index (χ1n) is 10.5. The van der Waals surface area contributed by atoms with Gasteiger partial charge in [-0.15, -0.1) is 10.2 Å². The molecule has 1 aliphatic carbocycles. The summed E-state index contributed by atoms with van der Waals surface area (Å²) in [5.74, 6) is 1.35. The maximum atomic E-state index is 12.6. The minimum absolute atomic E-state index is 0.00872. The molecular formula is C21H28ClN5OS. The van der Waals surface area contributed by atoms with Crippen LogP contribution in [0.5, 0.6) is 0 Å². The number of carbonyl (C=O) groups is 1. The lowest BCUT2D eigenvalue weighted by Gasteiger charge is -2.27. The molecule has 2 aromatic rings. The van der Waals surface area contributed by atoms with E-state index in [1.165, 1.54) is 43.9 Å². The Balaban J connectivity index is 1.38. The van der Waals surface area contributed by atoms with Gasteiger partial charge in [0.2, 0.25) is 11.9 Å². The van der Waals surface area contributed by atoms with Crippen molar-refractivity contribution < 1.29 is 4.79 Å². The third-order valence-corrected chi connectivity index (χ3v) is 6.74. The van der Waals surface area contributed by atoms with Gasteiger partial charge < -0.3 is 10.2 Å². The molecule has 2 aliphatic rings. The number of carbonyl (C=O) groups excluding carboxylic acids is 1. The predicted octanol–water partition coefficient (Wildman–Crippen LogP) is 4.62. The van der Waals surface area contributed by atoms with E-state index in [2.05, 4.69) is 31.9 Å². The molecule has 156 valence electrons. The molecule has 0 spiro atoms. The van der Waals surface area contributed by atoms with Gasteiger partial charge in [-0.3, -0.25) is 9.36 Å². The summed E-state index contributed by atoms with van der Waals surface area (Å²) in [5, 5.41) is 13.6. The van der Waals surface area contributed by atoms with Crippen LogP contribution in [0.3, 0.4) is 0 Å². The Hall–Kier alpha value is -1.73. The summed E-state index contributed by atoms with van der Waals surface area (Å²) in [6.07, 6.45) is 6.90. The zero-order valence-electron chi connectivity index (χ0n) is 16.8. The van der Waals surface area contributed by atoms with Gasteiger partial charge in [0.05, 0.1) is 11.8 Å². The maximum absolute atomic E-state index is 12.6. The molecule has 8 heteroatoms. The number of thioether (sulfide) groups is 1. The fraction of sp³-hybridized carbons (Fsp3) is 0.571. The first kappa shape index (κ1) is 20.5. The number of aromatic nitrogens is 3. The Labute approximate surface area is 181 Å². The number of benzene rings is 1. The van der Waals surface area contributed by atoms with E-state index in [0.717, 1.165) is 36.2 Å². The summed E-state index contributed by atoms with van der Waals surface area (Å²) in [5.41, 5.74) is 1.07. The number of piperidine rings is 1. The summed E-state index contributed by atoms with van der Waals surface area (Å²) in [7, 11) is 0. The normalized spacial score (nSPS) is 17.9. The topological polar surface area (TPSA) is 63.1 Å². The van der Waals surface area contributed by atoms with Crippen LogP contribution >= 0.6 is 23.4 Å². The number of nitrogens with one attached hydrogen (secondary N) is 1. The third kappa shape index (κ3) is 5.07. The van der Waals surface area contributed by atoms with Crippen LogP contribution in [0, 0.1) is 0 Å². The Kier molecular flexibility index (Phi) is 6.65. The maximum Gasteiger partial charge on any atom is 0.230 e. The highest BCUT2D eigenvalue weighted by molar-refractivity contribution is 7.99. The number of hydrogen-bond acceptors (Lipinski definition) is 5. The molecule has 1 atom stereocenters. The molecule has 0 bridgehead atoms. The van der Waals surface area contributed by atoms with Gasteiger partial charge in [-0.2, -0.15) is 0 Å². The molecule has 2 heterocycles. The van der Waals surface area contributed by atoms with E-state index in [9.17, 15) is 4.79 Å². The van der Waals surface area contributed by atoms with Crippen LogP contribution in [-0.4, -0.2) is 39.5 Å².